The number of benzene rings is 1. The molecule has 0 unspecified atom stereocenters. The normalized spacial score (nSPS) is 11.1. The van der Waals surface area contributed by atoms with Crippen LogP contribution in [0.5, 0.6) is 0 Å². The van der Waals surface area contributed by atoms with E-state index in [2.05, 4.69) is 34.0 Å². The van der Waals surface area contributed by atoms with E-state index in [4.69, 9.17) is 4.42 Å². The molecule has 0 N–H and O–H groups in total. The molecule has 0 spiro atoms. The molecule has 0 aliphatic heterocycles. The fourth-order valence-electron chi connectivity index (χ4n) is 2.20. The molecule has 3 aromatic rings. The van der Waals surface area contributed by atoms with Gasteiger partial charge in [-0.15, -0.1) is 10.2 Å². The summed E-state index contributed by atoms with van der Waals surface area (Å²) < 4.78 is 5.79. The topological polar surface area (TPSA) is 64.7 Å². The van der Waals surface area contributed by atoms with Gasteiger partial charge < -0.3 is 4.42 Å². The third-order valence-corrected chi connectivity index (χ3v) is 3.43. The summed E-state index contributed by atoms with van der Waals surface area (Å²) in [5, 5.41) is 8.26. The highest BCUT2D eigenvalue weighted by Gasteiger charge is 2.15. The first-order valence-electron chi connectivity index (χ1n) is 7.29. The van der Waals surface area contributed by atoms with Crippen LogP contribution in [0.15, 0.2) is 34.9 Å². The van der Waals surface area contributed by atoms with Crippen molar-refractivity contribution in [2.24, 2.45) is 0 Å². The molecule has 5 nitrogen and oxygen atoms in total. The summed E-state index contributed by atoms with van der Waals surface area (Å²) in [6.45, 7) is 8.09. The van der Waals surface area contributed by atoms with Crippen LogP contribution in [0.2, 0.25) is 0 Å². The molecule has 5 heteroatoms. The Morgan fingerprint density at radius 2 is 1.82 bits per heavy atom. The van der Waals surface area contributed by atoms with Gasteiger partial charge in [-0.3, -0.25) is 0 Å². The first-order chi connectivity index (χ1) is 10.5. The first-order valence-corrected chi connectivity index (χ1v) is 7.29. The maximum Gasteiger partial charge on any atom is 0.251 e. The number of nitrogens with zero attached hydrogens (tertiary/aromatic N) is 4. The average Bonchev–Trinajstić information content (AvgIpc) is 2.96. The van der Waals surface area contributed by atoms with Gasteiger partial charge in [0.15, 0.2) is 0 Å². The lowest BCUT2D eigenvalue weighted by atomic mass is 10.1. The van der Waals surface area contributed by atoms with Gasteiger partial charge in [-0.25, -0.2) is 9.97 Å². The molecule has 0 aliphatic carbocycles. The van der Waals surface area contributed by atoms with Crippen molar-refractivity contribution in [2.45, 2.75) is 33.6 Å². The van der Waals surface area contributed by atoms with Gasteiger partial charge >= 0.3 is 0 Å². The van der Waals surface area contributed by atoms with Crippen molar-refractivity contribution in [1.82, 2.24) is 20.2 Å². The first kappa shape index (κ1) is 14.4. The van der Waals surface area contributed by atoms with E-state index in [1.165, 1.54) is 0 Å². The minimum Gasteiger partial charge on any atom is -0.416 e. The van der Waals surface area contributed by atoms with E-state index in [9.17, 15) is 0 Å². The van der Waals surface area contributed by atoms with Crippen LogP contribution >= 0.6 is 0 Å². The Morgan fingerprint density at radius 3 is 2.50 bits per heavy atom. The van der Waals surface area contributed by atoms with Crippen LogP contribution in [0.4, 0.5) is 0 Å². The monoisotopic (exact) mass is 294 g/mol. The largest absolute Gasteiger partial charge is 0.416 e. The standard InChI is InChI=1S/C17H18N4O/c1-10(2)15-18-9-14(12(4)19-15)17-21-20-16(22-17)13-7-5-6-11(3)8-13/h5-10H,1-4H3. The molecule has 0 fully saturated rings. The third kappa shape index (κ3) is 2.74. The van der Waals surface area contributed by atoms with Gasteiger partial charge in [0.05, 0.1) is 11.3 Å². The van der Waals surface area contributed by atoms with E-state index in [0.717, 1.165) is 28.2 Å². The summed E-state index contributed by atoms with van der Waals surface area (Å²) in [5.41, 5.74) is 3.68. The molecular weight excluding hydrogens is 276 g/mol. The molecule has 2 heterocycles. The summed E-state index contributed by atoms with van der Waals surface area (Å²) >= 11 is 0. The zero-order chi connectivity index (χ0) is 15.7. The fraction of sp³-hybridized carbons (Fsp3) is 0.294. The number of aryl methyl sites for hydroxylation is 2. The van der Waals surface area contributed by atoms with Crippen molar-refractivity contribution in [3.63, 3.8) is 0 Å². The molecule has 0 radical (unpaired) electrons. The molecule has 0 saturated heterocycles. The van der Waals surface area contributed by atoms with Gasteiger partial charge in [-0.05, 0) is 26.0 Å². The molecular formula is C17H18N4O. The van der Waals surface area contributed by atoms with Gasteiger partial charge in [0.1, 0.15) is 5.82 Å². The Labute approximate surface area is 129 Å². The lowest BCUT2D eigenvalue weighted by Gasteiger charge is -2.06. The third-order valence-electron chi connectivity index (χ3n) is 3.43. The lowest BCUT2D eigenvalue weighted by molar-refractivity contribution is 0.582. The van der Waals surface area contributed by atoms with Crippen molar-refractivity contribution >= 4 is 0 Å². The number of hydrogen-bond donors (Lipinski definition) is 0. The van der Waals surface area contributed by atoms with Crippen LogP contribution in [-0.4, -0.2) is 20.2 Å². The van der Waals surface area contributed by atoms with Crippen LogP contribution in [0.1, 0.15) is 36.8 Å². The molecule has 22 heavy (non-hydrogen) atoms. The minimum absolute atomic E-state index is 0.290. The van der Waals surface area contributed by atoms with E-state index in [1.807, 2.05) is 38.1 Å². The zero-order valence-electron chi connectivity index (χ0n) is 13.2. The number of hydrogen-bond acceptors (Lipinski definition) is 5. The van der Waals surface area contributed by atoms with E-state index < -0.39 is 0 Å². The molecule has 0 atom stereocenters. The van der Waals surface area contributed by atoms with Gasteiger partial charge in [0.2, 0.25) is 5.89 Å². The number of rotatable bonds is 3. The van der Waals surface area contributed by atoms with E-state index in [-0.39, 0.29) is 0 Å². The summed E-state index contributed by atoms with van der Waals surface area (Å²) in [6.07, 6.45) is 1.76. The predicted molar refractivity (Wildman–Crippen MR) is 84.3 cm³/mol. The average molecular weight is 294 g/mol. The Morgan fingerprint density at radius 1 is 1.05 bits per heavy atom. The van der Waals surface area contributed by atoms with E-state index in [1.54, 1.807) is 6.20 Å². The van der Waals surface area contributed by atoms with Crippen molar-refractivity contribution in [3.8, 4) is 22.9 Å². The fourth-order valence-corrected chi connectivity index (χ4v) is 2.20. The molecule has 0 aliphatic rings. The van der Waals surface area contributed by atoms with E-state index >= 15 is 0 Å². The maximum atomic E-state index is 5.79. The summed E-state index contributed by atoms with van der Waals surface area (Å²) in [6, 6.07) is 7.97. The van der Waals surface area contributed by atoms with Crippen LogP contribution in [0.25, 0.3) is 22.9 Å². The van der Waals surface area contributed by atoms with Gasteiger partial charge in [0.25, 0.3) is 5.89 Å². The number of aromatic nitrogens is 4. The maximum absolute atomic E-state index is 5.79. The van der Waals surface area contributed by atoms with Crippen LogP contribution in [0.3, 0.4) is 0 Å². The second kappa shape index (κ2) is 5.67. The summed E-state index contributed by atoms with van der Waals surface area (Å²) in [7, 11) is 0. The van der Waals surface area contributed by atoms with Crippen LogP contribution in [-0.2, 0) is 0 Å². The second-order valence-corrected chi connectivity index (χ2v) is 5.66. The highest BCUT2D eigenvalue weighted by atomic mass is 16.4. The Bertz CT molecular complexity index is 808. The molecule has 2 aromatic heterocycles. The van der Waals surface area contributed by atoms with Crippen molar-refractivity contribution in [2.75, 3.05) is 0 Å². The minimum atomic E-state index is 0.290. The van der Waals surface area contributed by atoms with Crippen LogP contribution in [0, 0.1) is 13.8 Å². The van der Waals surface area contributed by atoms with Crippen molar-refractivity contribution < 1.29 is 4.42 Å². The zero-order valence-corrected chi connectivity index (χ0v) is 13.2. The highest BCUT2D eigenvalue weighted by molar-refractivity contribution is 5.59. The second-order valence-electron chi connectivity index (χ2n) is 5.66. The molecule has 0 bridgehead atoms. The van der Waals surface area contributed by atoms with Gasteiger partial charge in [0, 0.05) is 17.7 Å². The highest BCUT2D eigenvalue weighted by Crippen LogP contribution is 2.26. The Kier molecular flexibility index (Phi) is 3.71. The smallest absolute Gasteiger partial charge is 0.251 e. The molecule has 0 saturated carbocycles. The Balaban J connectivity index is 1.97. The molecule has 1 aromatic carbocycles. The van der Waals surface area contributed by atoms with Gasteiger partial charge in [-0.1, -0.05) is 31.5 Å². The molecule has 0 amide bonds. The SMILES string of the molecule is Cc1cccc(-c2nnc(-c3cnc(C(C)C)nc3C)o2)c1. The summed E-state index contributed by atoms with van der Waals surface area (Å²) in [4.78, 5) is 8.88. The summed E-state index contributed by atoms with van der Waals surface area (Å²) in [5.74, 6) is 2.06. The van der Waals surface area contributed by atoms with E-state index in [0.29, 0.717) is 17.7 Å². The van der Waals surface area contributed by atoms with Crippen molar-refractivity contribution in [1.29, 1.82) is 0 Å². The van der Waals surface area contributed by atoms with Crippen LogP contribution < -0.4 is 0 Å². The Hall–Kier alpha value is -2.56. The molecule has 112 valence electrons. The van der Waals surface area contributed by atoms with Gasteiger partial charge in [-0.2, -0.15) is 0 Å². The predicted octanol–water partition coefficient (Wildman–Crippen LogP) is 3.93. The van der Waals surface area contributed by atoms with Crippen molar-refractivity contribution in [3.05, 3.63) is 47.5 Å². The quantitative estimate of drug-likeness (QED) is 0.732. The molecule has 3 rings (SSSR count). The lowest BCUT2D eigenvalue weighted by Crippen LogP contribution is -2.00.